The zero-order valence-corrected chi connectivity index (χ0v) is 12.4. The van der Waals surface area contributed by atoms with E-state index >= 15 is 0 Å². The summed E-state index contributed by atoms with van der Waals surface area (Å²) in [6.07, 6.45) is 0. The van der Waals surface area contributed by atoms with Gasteiger partial charge >= 0.3 is 0 Å². The van der Waals surface area contributed by atoms with Crippen molar-refractivity contribution in [2.75, 3.05) is 39.3 Å². The summed E-state index contributed by atoms with van der Waals surface area (Å²) in [5.41, 5.74) is 2.48. The molecule has 1 aliphatic rings. The fourth-order valence-corrected chi connectivity index (χ4v) is 2.82. The second-order valence-electron chi connectivity index (χ2n) is 5.60. The van der Waals surface area contributed by atoms with Crippen LogP contribution in [0.4, 0.5) is 0 Å². The highest BCUT2D eigenvalue weighted by Gasteiger charge is 2.14. The predicted octanol–water partition coefficient (Wildman–Crippen LogP) is 0.194. The van der Waals surface area contributed by atoms with Crippen molar-refractivity contribution in [2.24, 2.45) is 0 Å². The van der Waals surface area contributed by atoms with Crippen molar-refractivity contribution in [2.45, 2.75) is 0 Å². The summed E-state index contributed by atoms with van der Waals surface area (Å²) in [6, 6.07) is 18.8. The van der Waals surface area contributed by atoms with Gasteiger partial charge in [0.05, 0.1) is 0 Å². The van der Waals surface area contributed by atoms with Crippen LogP contribution >= 0.6 is 0 Å². The number of hydrogen-bond acceptors (Lipinski definition) is 1. The van der Waals surface area contributed by atoms with Crippen LogP contribution < -0.4 is 15.0 Å². The monoisotopic (exact) mass is 284 g/mol. The van der Waals surface area contributed by atoms with E-state index in [0.29, 0.717) is 0 Å². The summed E-state index contributed by atoms with van der Waals surface area (Å²) in [5, 5.41) is 2.40. The van der Waals surface area contributed by atoms with E-state index in [2.05, 4.69) is 53.8 Å². The van der Waals surface area contributed by atoms with E-state index in [9.17, 15) is 0 Å². The van der Waals surface area contributed by atoms with Crippen LogP contribution in [0.5, 0.6) is 5.75 Å². The molecule has 3 nitrogen and oxygen atoms in total. The van der Waals surface area contributed by atoms with E-state index in [0.717, 1.165) is 18.9 Å². The average Bonchev–Trinajstić information content (AvgIpc) is 2.57. The number of piperazine rings is 1. The van der Waals surface area contributed by atoms with Crippen molar-refractivity contribution < 1.29 is 15.0 Å². The molecule has 1 saturated heterocycles. The van der Waals surface area contributed by atoms with Crippen molar-refractivity contribution in [1.29, 1.82) is 0 Å². The van der Waals surface area contributed by atoms with E-state index in [-0.39, 0.29) is 0 Å². The minimum absolute atomic E-state index is 0.806. The molecule has 0 saturated carbocycles. The van der Waals surface area contributed by atoms with Crippen LogP contribution in [0.25, 0.3) is 11.1 Å². The molecule has 0 aliphatic carbocycles. The lowest BCUT2D eigenvalue weighted by Crippen LogP contribution is -3.20. The van der Waals surface area contributed by atoms with Crippen LogP contribution in [0.3, 0.4) is 0 Å². The number of hydrogen-bond donors (Lipinski definition) is 2. The minimum Gasteiger partial charge on any atom is -0.488 e. The second-order valence-corrected chi connectivity index (χ2v) is 5.60. The molecular weight excluding hydrogens is 260 g/mol. The number of rotatable bonds is 5. The van der Waals surface area contributed by atoms with Gasteiger partial charge < -0.3 is 15.0 Å². The van der Waals surface area contributed by atoms with Crippen molar-refractivity contribution in [3.8, 4) is 16.9 Å². The third-order valence-electron chi connectivity index (χ3n) is 4.09. The third kappa shape index (κ3) is 4.06. The van der Waals surface area contributed by atoms with E-state index in [4.69, 9.17) is 4.74 Å². The Bertz CT molecular complexity index is 533. The van der Waals surface area contributed by atoms with Gasteiger partial charge in [0, 0.05) is 0 Å². The largest absolute Gasteiger partial charge is 0.488 e. The normalized spacial score (nSPS) is 15.8. The molecule has 1 fully saturated rings. The van der Waals surface area contributed by atoms with Gasteiger partial charge in [-0.1, -0.05) is 42.5 Å². The Hall–Kier alpha value is -1.84. The van der Waals surface area contributed by atoms with Gasteiger partial charge in [-0.15, -0.1) is 0 Å². The molecule has 2 aromatic rings. The maximum atomic E-state index is 5.87. The van der Waals surface area contributed by atoms with E-state index < -0.39 is 0 Å². The summed E-state index contributed by atoms with van der Waals surface area (Å²) in [7, 11) is 0. The summed E-state index contributed by atoms with van der Waals surface area (Å²) in [6.45, 7) is 6.93. The molecule has 0 amide bonds. The van der Waals surface area contributed by atoms with Crippen LogP contribution in [-0.4, -0.2) is 39.3 Å². The van der Waals surface area contributed by atoms with Gasteiger partial charge in [-0.05, 0) is 23.3 Å². The van der Waals surface area contributed by atoms with Crippen LogP contribution in [0.1, 0.15) is 0 Å². The van der Waals surface area contributed by atoms with E-state index in [1.807, 2.05) is 6.07 Å². The van der Waals surface area contributed by atoms with E-state index in [1.165, 1.54) is 37.3 Å². The zero-order chi connectivity index (χ0) is 14.3. The highest BCUT2D eigenvalue weighted by Crippen LogP contribution is 2.21. The molecule has 3 rings (SSSR count). The molecule has 0 bridgehead atoms. The van der Waals surface area contributed by atoms with Crippen molar-refractivity contribution in [3.63, 3.8) is 0 Å². The number of quaternary nitrogens is 2. The van der Waals surface area contributed by atoms with Crippen molar-refractivity contribution >= 4 is 0 Å². The molecular formula is C18H24N2O+2. The molecule has 0 radical (unpaired) electrons. The maximum Gasteiger partial charge on any atom is 0.137 e. The maximum absolute atomic E-state index is 5.87. The van der Waals surface area contributed by atoms with Gasteiger partial charge in [-0.25, -0.2) is 0 Å². The van der Waals surface area contributed by atoms with Gasteiger partial charge in [0.15, 0.2) is 0 Å². The Morgan fingerprint density at radius 1 is 0.857 bits per heavy atom. The van der Waals surface area contributed by atoms with Crippen LogP contribution in [-0.2, 0) is 0 Å². The van der Waals surface area contributed by atoms with Gasteiger partial charge in [0.25, 0.3) is 0 Å². The number of nitrogens with one attached hydrogen (secondary N) is 1. The minimum atomic E-state index is 0.806. The van der Waals surface area contributed by atoms with Crippen molar-refractivity contribution in [1.82, 2.24) is 0 Å². The predicted molar refractivity (Wildman–Crippen MR) is 84.6 cm³/mol. The Kier molecular flexibility index (Phi) is 4.87. The van der Waals surface area contributed by atoms with Crippen molar-refractivity contribution in [3.05, 3.63) is 54.6 Å². The summed E-state index contributed by atoms with van der Waals surface area (Å²) in [5.74, 6) is 0.970. The molecule has 0 spiro atoms. The first-order chi connectivity index (χ1) is 10.4. The first-order valence-electron chi connectivity index (χ1n) is 7.85. The summed E-state index contributed by atoms with van der Waals surface area (Å²) >= 11 is 0. The second kappa shape index (κ2) is 7.25. The molecule has 3 heteroatoms. The quantitative estimate of drug-likeness (QED) is 0.807. The topological polar surface area (TPSA) is 30.3 Å². The molecule has 1 aliphatic heterocycles. The molecule has 21 heavy (non-hydrogen) atoms. The number of benzene rings is 2. The highest BCUT2D eigenvalue weighted by atomic mass is 16.5. The molecule has 3 N–H and O–H groups in total. The molecule has 0 unspecified atom stereocenters. The number of nitrogens with two attached hydrogens (primary N) is 1. The van der Waals surface area contributed by atoms with Crippen LogP contribution in [0.2, 0.25) is 0 Å². The molecule has 0 atom stereocenters. The molecule has 1 heterocycles. The zero-order valence-electron chi connectivity index (χ0n) is 12.4. The standard InChI is InChI=1S/C18H22N2O/c1-2-4-16(5-3-1)17-6-8-18(9-7-17)21-15-14-20-12-10-19-11-13-20/h1-9,19H,10-15H2/p+2. The Morgan fingerprint density at radius 3 is 2.24 bits per heavy atom. The lowest BCUT2D eigenvalue weighted by Gasteiger charge is -2.22. The average molecular weight is 284 g/mol. The Morgan fingerprint density at radius 2 is 1.52 bits per heavy atom. The van der Waals surface area contributed by atoms with Gasteiger partial charge in [-0.2, -0.15) is 0 Å². The first-order valence-corrected chi connectivity index (χ1v) is 7.85. The lowest BCUT2D eigenvalue weighted by molar-refractivity contribution is -0.946. The number of ether oxygens (including phenoxy) is 1. The molecule has 2 aromatic carbocycles. The van der Waals surface area contributed by atoms with Crippen LogP contribution in [0, 0.1) is 0 Å². The third-order valence-corrected chi connectivity index (χ3v) is 4.09. The molecule has 110 valence electrons. The fourth-order valence-electron chi connectivity index (χ4n) is 2.82. The summed E-state index contributed by atoms with van der Waals surface area (Å²) < 4.78 is 5.87. The SMILES string of the molecule is c1ccc(-c2ccc(OCC[NH+]3CC[NH2+]CC3)cc2)cc1. The summed E-state index contributed by atoms with van der Waals surface area (Å²) in [4.78, 5) is 1.67. The van der Waals surface area contributed by atoms with Gasteiger partial charge in [0.1, 0.15) is 45.1 Å². The highest BCUT2D eigenvalue weighted by molar-refractivity contribution is 5.63. The smallest absolute Gasteiger partial charge is 0.137 e. The van der Waals surface area contributed by atoms with Gasteiger partial charge in [0.2, 0.25) is 0 Å². The van der Waals surface area contributed by atoms with Gasteiger partial charge in [-0.3, -0.25) is 0 Å². The first kappa shape index (κ1) is 14.1. The van der Waals surface area contributed by atoms with E-state index in [1.54, 1.807) is 4.90 Å². The Labute approximate surface area is 126 Å². The van der Waals surface area contributed by atoms with Crippen LogP contribution in [0.15, 0.2) is 54.6 Å². The lowest BCUT2D eigenvalue weighted by atomic mass is 10.1. The Balaban J connectivity index is 1.50. The molecule has 0 aromatic heterocycles. The fraction of sp³-hybridized carbons (Fsp3) is 0.333.